The van der Waals surface area contributed by atoms with Crippen LogP contribution >= 0.6 is 24.0 Å². The number of hydrogen-bond acceptors (Lipinski definition) is 2. The van der Waals surface area contributed by atoms with E-state index in [1.807, 2.05) is 25.1 Å². The molecule has 0 fully saturated rings. The average molecular weight is 438 g/mol. The van der Waals surface area contributed by atoms with Gasteiger partial charge >= 0.3 is 0 Å². The van der Waals surface area contributed by atoms with Crippen LogP contribution in [0, 0.1) is 13.8 Å². The number of hydrogen-bond donors (Lipinski definition) is 1. The van der Waals surface area contributed by atoms with Crippen LogP contribution in [0.1, 0.15) is 29.4 Å². The first kappa shape index (κ1) is 20.4. The van der Waals surface area contributed by atoms with Crippen LogP contribution in [-0.4, -0.2) is 29.4 Å². The third kappa shape index (κ3) is 6.47. The summed E-state index contributed by atoms with van der Waals surface area (Å²) in [5, 5.41) is 3.35. The number of aliphatic imine (C=N–C) groups is 1. The van der Waals surface area contributed by atoms with Crippen LogP contribution < -0.4 is 5.32 Å². The van der Waals surface area contributed by atoms with Crippen LogP contribution in [0.25, 0.3) is 0 Å². The summed E-state index contributed by atoms with van der Waals surface area (Å²) in [5.74, 6) is 0.899. The summed E-state index contributed by atoms with van der Waals surface area (Å²) in [5.41, 5.74) is 4.57. The summed E-state index contributed by atoms with van der Waals surface area (Å²) >= 11 is 0. The Hall–Kier alpha value is -1.63. The minimum atomic E-state index is 0. The molecule has 1 heterocycles. The molecule has 5 heteroatoms. The van der Waals surface area contributed by atoms with Gasteiger partial charge in [0.25, 0.3) is 0 Å². The molecule has 0 bridgehead atoms. The van der Waals surface area contributed by atoms with Gasteiger partial charge in [-0.25, -0.2) is 4.99 Å². The Labute approximate surface area is 162 Å². The van der Waals surface area contributed by atoms with Gasteiger partial charge in [0.05, 0.1) is 12.2 Å². The molecule has 130 valence electrons. The van der Waals surface area contributed by atoms with E-state index in [1.54, 1.807) is 0 Å². The first-order valence-corrected chi connectivity index (χ1v) is 8.06. The fourth-order valence-electron chi connectivity index (χ4n) is 2.36. The Morgan fingerprint density at radius 3 is 2.46 bits per heavy atom. The van der Waals surface area contributed by atoms with E-state index in [4.69, 9.17) is 4.99 Å². The Kier molecular flexibility index (Phi) is 8.74. The van der Waals surface area contributed by atoms with Gasteiger partial charge in [-0.05, 0) is 38.5 Å². The molecule has 2 rings (SSSR count). The van der Waals surface area contributed by atoms with E-state index in [1.165, 1.54) is 11.1 Å². The fraction of sp³-hybridized carbons (Fsp3) is 0.368. The molecule has 24 heavy (non-hydrogen) atoms. The lowest BCUT2D eigenvalue weighted by atomic mass is 10.1. The minimum absolute atomic E-state index is 0. The Morgan fingerprint density at radius 1 is 1.12 bits per heavy atom. The van der Waals surface area contributed by atoms with Crippen LogP contribution in [-0.2, 0) is 13.1 Å². The molecule has 4 nitrogen and oxygen atoms in total. The molecule has 0 radical (unpaired) electrons. The second-order valence-electron chi connectivity index (χ2n) is 5.78. The first-order valence-electron chi connectivity index (χ1n) is 8.06. The number of nitrogens with one attached hydrogen (secondary N) is 1. The van der Waals surface area contributed by atoms with Crippen molar-refractivity contribution >= 4 is 29.9 Å². The van der Waals surface area contributed by atoms with Gasteiger partial charge in [-0.15, -0.1) is 24.0 Å². The van der Waals surface area contributed by atoms with Crippen LogP contribution in [0.2, 0.25) is 0 Å². The number of aromatic nitrogens is 1. The summed E-state index contributed by atoms with van der Waals surface area (Å²) in [6.45, 7) is 8.45. The molecule has 0 spiro atoms. The van der Waals surface area contributed by atoms with Gasteiger partial charge in [0, 0.05) is 25.8 Å². The van der Waals surface area contributed by atoms with Gasteiger partial charge in [-0.3, -0.25) is 4.98 Å². The molecule has 1 aromatic carbocycles. The van der Waals surface area contributed by atoms with Crippen molar-refractivity contribution in [3.05, 3.63) is 65.0 Å². The fourth-order valence-corrected chi connectivity index (χ4v) is 2.36. The van der Waals surface area contributed by atoms with Gasteiger partial charge in [0.1, 0.15) is 0 Å². The molecule has 0 atom stereocenters. The van der Waals surface area contributed by atoms with Gasteiger partial charge in [-0.1, -0.05) is 35.9 Å². The highest BCUT2D eigenvalue weighted by Crippen LogP contribution is 2.07. The van der Waals surface area contributed by atoms with Crippen LogP contribution in [0.5, 0.6) is 0 Å². The number of aryl methyl sites for hydroxylation is 2. The van der Waals surface area contributed by atoms with Crippen LogP contribution in [0.15, 0.2) is 47.5 Å². The maximum atomic E-state index is 4.71. The highest BCUT2D eigenvalue weighted by molar-refractivity contribution is 14.0. The molecule has 0 aliphatic rings. The number of guanidine groups is 1. The molecule has 0 saturated carbocycles. The molecule has 0 unspecified atom stereocenters. The normalized spacial score (nSPS) is 10.9. The molecular formula is C19H27IN4. The van der Waals surface area contributed by atoms with Gasteiger partial charge < -0.3 is 10.2 Å². The molecule has 0 amide bonds. The lowest BCUT2D eigenvalue weighted by Gasteiger charge is -2.22. The van der Waals surface area contributed by atoms with Crippen molar-refractivity contribution in [3.63, 3.8) is 0 Å². The van der Waals surface area contributed by atoms with E-state index < -0.39 is 0 Å². The quantitative estimate of drug-likeness (QED) is 0.437. The smallest absolute Gasteiger partial charge is 0.194 e. The van der Waals surface area contributed by atoms with Gasteiger partial charge in [-0.2, -0.15) is 0 Å². The number of rotatable bonds is 5. The number of halogens is 1. The third-order valence-corrected chi connectivity index (χ3v) is 3.57. The highest BCUT2D eigenvalue weighted by atomic mass is 127. The Bertz CT molecular complexity index is 653. The lowest BCUT2D eigenvalue weighted by Crippen LogP contribution is -2.38. The molecule has 1 N–H and O–H groups in total. The zero-order chi connectivity index (χ0) is 16.7. The number of nitrogens with zero attached hydrogens (tertiary/aromatic N) is 3. The molecule has 0 saturated heterocycles. The van der Waals surface area contributed by atoms with Gasteiger partial charge in [0.2, 0.25) is 0 Å². The van der Waals surface area contributed by atoms with Gasteiger partial charge in [0.15, 0.2) is 5.96 Å². The molecule has 0 aliphatic carbocycles. The maximum absolute atomic E-state index is 4.71. The first-order chi connectivity index (χ1) is 11.1. The van der Waals surface area contributed by atoms with E-state index in [0.29, 0.717) is 6.54 Å². The lowest BCUT2D eigenvalue weighted by molar-refractivity contribution is 0.476. The predicted molar refractivity (Wildman–Crippen MR) is 112 cm³/mol. The summed E-state index contributed by atoms with van der Waals surface area (Å²) in [6.07, 6.45) is 0. The Morgan fingerprint density at radius 2 is 1.83 bits per heavy atom. The van der Waals surface area contributed by atoms with E-state index in [9.17, 15) is 0 Å². The topological polar surface area (TPSA) is 40.5 Å². The van der Waals surface area contributed by atoms with E-state index in [-0.39, 0.29) is 24.0 Å². The van der Waals surface area contributed by atoms with Crippen molar-refractivity contribution in [1.82, 2.24) is 15.2 Å². The largest absolute Gasteiger partial charge is 0.357 e. The van der Waals surface area contributed by atoms with Crippen molar-refractivity contribution in [2.45, 2.75) is 33.9 Å². The van der Waals surface area contributed by atoms with E-state index in [2.05, 4.69) is 60.4 Å². The summed E-state index contributed by atoms with van der Waals surface area (Å²) in [6, 6.07) is 14.7. The van der Waals surface area contributed by atoms with Crippen molar-refractivity contribution in [3.8, 4) is 0 Å². The van der Waals surface area contributed by atoms with E-state index >= 15 is 0 Å². The Balaban J connectivity index is 0.00000288. The standard InChI is InChI=1S/C19H26N4.HI/c1-5-20-19(21-13-18-8-6-7-16(3)22-18)23(4)14-17-11-9-15(2)10-12-17;/h6-12H,5,13-14H2,1-4H3,(H,20,21);1H. The maximum Gasteiger partial charge on any atom is 0.194 e. The minimum Gasteiger partial charge on any atom is -0.357 e. The summed E-state index contributed by atoms with van der Waals surface area (Å²) in [4.78, 5) is 11.4. The molecule has 0 aliphatic heterocycles. The zero-order valence-electron chi connectivity index (χ0n) is 14.9. The SMILES string of the molecule is CCNC(=NCc1cccc(C)n1)N(C)Cc1ccc(C)cc1.I. The second kappa shape index (κ2) is 10.3. The summed E-state index contributed by atoms with van der Waals surface area (Å²) < 4.78 is 0. The number of benzene rings is 1. The van der Waals surface area contributed by atoms with Crippen molar-refractivity contribution in [2.24, 2.45) is 4.99 Å². The van der Waals surface area contributed by atoms with Crippen molar-refractivity contribution in [2.75, 3.05) is 13.6 Å². The van der Waals surface area contributed by atoms with Crippen LogP contribution in [0.4, 0.5) is 0 Å². The monoisotopic (exact) mass is 438 g/mol. The second-order valence-corrected chi connectivity index (χ2v) is 5.78. The molecule has 2 aromatic rings. The third-order valence-electron chi connectivity index (χ3n) is 3.57. The van der Waals surface area contributed by atoms with Crippen molar-refractivity contribution in [1.29, 1.82) is 0 Å². The highest BCUT2D eigenvalue weighted by Gasteiger charge is 2.06. The molecular weight excluding hydrogens is 411 g/mol. The summed E-state index contributed by atoms with van der Waals surface area (Å²) in [7, 11) is 2.06. The van der Waals surface area contributed by atoms with E-state index in [0.717, 1.165) is 30.4 Å². The zero-order valence-corrected chi connectivity index (χ0v) is 17.2. The average Bonchev–Trinajstić information content (AvgIpc) is 2.53. The van der Waals surface area contributed by atoms with Crippen LogP contribution in [0.3, 0.4) is 0 Å². The van der Waals surface area contributed by atoms with Crippen molar-refractivity contribution < 1.29 is 0 Å². The number of pyridine rings is 1. The predicted octanol–water partition coefficient (Wildman–Crippen LogP) is 3.91. The molecule has 1 aromatic heterocycles.